The zero-order valence-electron chi connectivity index (χ0n) is 11.2. The van der Waals surface area contributed by atoms with Crippen molar-refractivity contribution >= 4 is 11.7 Å². The monoisotopic (exact) mass is 277 g/mol. The molecule has 4 N–H and O–H groups in total. The number of hydrogen-bond acceptors (Lipinski definition) is 4. The normalized spacial score (nSPS) is 19.0. The third-order valence-electron chi connectivity index (χ3n) is 3.39. The summed E-state index contributed by atoms with van der Waals surface area (Å²) >= 11 is 0. The van der Waals surface area contributed by atoms with Crippen molar-refractivity contribution in [2.75, 3.05) is 19.8 Å². The fraction of sp³-hybridized carbons (Fsp3) is 0.429. The highest BCUT2D eigenvalue weighted by Gasteiger charge is 2.15. The Morgan fingerprint density at radius 1 is 1.50 bits per heavy atom. The minimum Gasteiger partial charge on any atom is -0.409 e. The topological polar surface area (TPSA) is 96.9 Å². The number of amides is 1. The van der Waals surface area contributed by atoms with Gasteiger partial charge in [-0.05, 0) is 30.9 Å². The smallest absolute Gasteiger partial charge is 0.251 e. The molecule has 6 heteroatoms. The van der Waals surface area contributed by atoms with E-state index < -0.39 is 0 Å². The maximum Gasteiger partial charge on any atom is 0.251 e. The third-order valence-corrected chi connectivity index (χ3v) is 3.39. The largest absolute Gasteiger partial charge is 0.409 e. The van der Waals surface area contributed by atoms with Crippen LogP contribution in [0.1, 0.15) is 28.8 Å². The van der Waals surface area contributed by atoms with E-state index in [1.54, 1.807) is 24.3 Å². The molecule has 0 aromatic heterocycles. The molecule has 2 rings (SSSR count). The van der Waals surface area contributed by atoms with Crippen molar-refractivity contribution in [3.05, 3.63) is 35.4 Å². The van der Waals surface area contributed by atoms with Crippen molar-refractivity contribution in [2.45, 2.75) is 12.8 Å². The van der Waals surface area contributed by atoms with Crippen molar-refractivity contribution in [2.24, 2.45) is 16.8 Å². The van der Waals surface area contributed by atoms with Gasteiger partial charge >= 0.3 is 0 Å². The van der Waals surface area contributed by atoms with Crippen LogP contribution in [-0.2, 0) is 4.74 Å². The lowest BCUT2D eigenvalue weighted by Gasteiger charge is -2.09. The van der Waals surface area contributed by atoms with Crippen LogP contribution in [0.2, 0.25) is 0 Å². The van der Waals surface area contributed by atoms with Gasteiger partial charge in [-0.25, -0.2) is 0 Å². The average Bonchev–Trinajstić information content (AvgIpc) is 2.99. The Labute approximate surface area is 117 Å². The van der Waals surface area contributed by atoms with Gasteiger partial charge in [-0.1, -0.05) is 17.3 Å². The number of nitrogens with two attached hydrogens (primary N) is 1. The molecule has 1 amide bonds. The molecule has 1 fully saturated rings. The van der Waals surface area contributed by atoms with Crippen LogP contribution in [0.15, 0.2) is 29.4 Å². The first-order valence-electron chi connectivity index (χ1n) is 6.64. The maximum atomic E-state index is 12.0. The lowest BCUT2D eigenvalue weighted by Crippen LogP contribution is -2.26. The summed E-state index contributed by atoms with van der Waals surface area (Å²) in [4.78, 5) is 12.0. The van der Waals surface area contributed by atoms with Crippen LogP contribution >= 0.6 is 0 Å². The molecule has 1 aromatic carbocycles. The summed E-state index contributed by atoms with van der Waals surface area (Å²) in [6.07, 6.45) is 1.99. The first-order chi connectivity index (χ1) is 9.70. The summed E-state index contributed by atoms with van der Waals surface area (Å²) in [5.74, 6) is 0.373. The molecule has 1 heterocycles. The number of ether oxygens (including phenoxy) is 1. The Kier molecular flexibility index (Phi) is 4.95. The van der Waals surface area contributed by atoms with Crippen molar-refractivity contribution in [3.63, 3.8) is 0 Å². The Bertz CT molecular complexity index is 496. The van der Waals surface area contributed by atoms with Gasteiger partial charge in [-0.3, -0.25) is 4.79 Å². The number of amidine groups is 1. The molecule has 1 aromatic rings. The van der Waals surface area contributed by atoms with Gasteiger partial charge in [0.1, 0.15) is 0 Å². The summed E-state index contributed by atoms with van der Waals surface area (Å²) < 4.78 is 5.29. The predicted octanol–water partition coefficient (Wildman–Crippen LogP) is 0.937. The number of rotatable bonds is 5. The van der Waals surface area contributed by atoms with E-state index >= 15 is 0 Å². The number of hydrogen-bond donors (Lipinski definition) is 3. The second kappa shape index (κ2) is 6.91. The third kappa shape index (κ3) is 3.71. The molecule has 1 saturated heterocycles. The van der Waals surface area contributed by atoms with Crippen LogP contribution in [0.25, 0.3) is 0 Å². The Hall–Kier alpha value is -2.08. The average molecular weight is 277 g/mol. The van der Waals surface area contributed by atoms with E-state index in [1.807, 2.05) is 0 Å². The van der Waals surface area contributed by atoms with Crippen LogP contribution in [-0.4, -0.2) is 36.7 Å². The summed E-state index contributed by atoms with van der Waals surface area (Å²) in [5.41, 5.74) is 6.52. The minimum absolute atomic E-state index is 0.0113. The number of oxime groups is 1. The van der Waals surface area contributed by atoms with E-state index in [9.17, 15) is 4.79 Å². The summed E-state index contributed by atoms with van der Waals surface area (Å²) in [5, 5.41) is 14.4. The van der Waals surface area contributed by atoms with Crippen molar-refractivity contribution < 1.29 is 14.7 Å². The fourth-order valence-corrected chi connectivity index (χ4v) is 2.18. The van der Waals surface area contributed by atoms with E-state index in [2.05, 4.69) is 10.5 Å². The highest BCUT2D eigenvalue weighted by atomic mass is 16.5. The van der Waals surface area contributed by atoms with E-state index in [0.717, 1.165) is 26.1 Å². The van der Waals surface area contributed by atoms with E-state index in [4.69, 9.17) is 15.7 Å². The summed E-state index contributed by atoms with van der Waals surface area (Å²) in [7, 11) is 0. The SMILES string of the molecule is N/C(=N/O)c1cccc(C(=O)NCCC2CCOC2)c1. The molecule has 6 nitrogen and oxygen atoms in total. The van der Waals surface area contributed by atoms with Crippen molar-refractivity contribution in [1.29, 1.82) is 0 Å². The van der Waals surface area contributed by atoms with Crippen LogP contribution in [0.3, 0.4) is 0 Å². The van der Waals surface area contributed by atoms with E-state index in [1.165, 1.54) is 0 Å². The van der Waals surface area contributed by atoms with Gasteiger partial charge in [-0.2, -0.15) is 0 Å². The lowest BCUT2D eigenvalue weighted by molar-refractivity contribution is 0.0950. The van der Waals surface area contributed by atoms with Gasteiger partial charge in [-0.15, -0.1) is 0 Å². The first-order valence-corrected chi connectivity index (χ1v) is 6.64. The molecular formula is C14H19N3O3. The zero-order chi connectivity index (χ0) is 14.4. The van der Waals surface area contributed by atoms with Crippen LogP contribution in [0.4, 0.5) is 0 Å². The quantitative estimate of drug-likeness (QED) is 0.323. The van der Waals surface area contributed by atoms with Gasteiger partial charge in [0.25, 0.3) is 5.91 Å². The molecular weight excluding hydrogens is 258 g/mol. The molecule has 0 spiro atoms. The maximum absolute atomic E-state index is 12.0. The molecule has 1 aliphatic rings. The molecule has 1 unspecified atom stereocenters. The van der Waals surface area contributed by atoms with Crippen LogP contribution in [0.5, 0.6) is 0 Å². The standard InChI is InChI=1S/C14H19N3O3/c15-13(17-19)11-2-1-3-12(8-11)14(18)16-6-4-10-5-7-20-9-10/h1-3,8,10,19H,4-7,9H2,(H2,15,17)(H,16,18). The van der Waals surface area contributed by atoms with Gasteiger partial charge in [0.15, 0.2) is 5.84 Å². The molecule has 108 valence electrons. The molecule has 1 aliphatic heterocycles. The number of nitrogens with zero attached hydrogens (tertiary/aromatic N) is 1. The van der Waals surface area contributed by atoms with Crippen LogP contribution < -0.4 is 11.1 Å². The number of benzene rings is 1. The molecule has 0 aliphatic carbocycles. The van der Waals surface area contributed by atoms with Gasteiger partial charge in [0.05, 0.1) is 0 Å². The van der Waals surface area contributed by atoms with E-state index in [0.29, 0.717) is 23.6 Å². The Morgan fingerprint density at radius 2 is 2.30 bits per heavy atom. The summed E-state index contributed by atoms with van der Waals surface area (Å²) in [6.45, 7) is 2.23. The minimum atomic E-state index is -0.156. The number of nitrogens with one attached hydrogen (secondary N) is 1. The Morgan fingerprint density at radius 3 is 3.00 bits per heavy atom. The van der Waals surface area contributed by atoms with Crippen molar-refractivity contribution in [3.8, 4) is 0 Å². The second-order valence-electron chi connectivity index (χ2n) is 4.84. The van der Waals surface area contributed by atoms with Crippen LogP contribution in [0, 0.1) is 5.92 Å². The highest BCUT2D eigenvalue weighted by molar-refractivity contribution is 6.01. The summed E-state index contributed by atoms with van der Waals surface area (Å²) in [6, 6.07) is 6.68. The molecule has 1 atom stereocenters. The number of carbonyl (C=O) groups is 1. The lowest BCUT2D eigenvalue weighted by atomic mass is 10.1. The number of carbonyl (C=O) groups excluding carboxylic acids is 1. The zero-order valence-corrected chi connectivity index (χ0v) is 11.2. The fourth-order valence-electron chi connectivity index (χ4n) is 2.18. The molecule has 20 heavy (non-hydrogen) atoms. The van der Waals surface area contributed by atoms with Gasteiger partial charge < -0.3 is 21.0 Å². The second-order valence-corrected chi connectivity index (χ2v) is 4.84. The highest BCUT2D eigenvalue weighted by Crippen LogP contribution is 2.15. The molecule has 0 saturated carbocycles. The molecule has 0 radical (unpaired) electrons. The Balaban J connectivity index is 1.88. The van der Waals surface area contributed by atoms with Crippen molar-refractivity contribution in [1.82, 2.24) is 5.32 Å². The van der Waals surface area contributed by atoms with Gasteiger partial charge in [0, 0.05) is 30.9 Å². The van der Waals surface area contributed by atoms with Gasteiger partial charge in [0.2, 0.25) is 0 Å². The van der Waals surface area contributed by atoms with E-state index in [-0.39, 0.29) is 11.7 Å². The predicted molar refractivity (Wildman–Crippen MR) is 74.8 cm³/mol. The first kappa shape index (κ1) is 14.3. The molecule has 0 bridgehead atoms.